The van der Waals surface area contributed by atoms with E-state index in [1.54, 1.807) is 11.7 Å². The van der Waals surface area contributed by atoms with Gasteiger partial charge < -0.3 is 9.84 Å². The third-order valence-electron chi connectivity index (χ3n) is 4.03. The van der Waals surface area contributed by atoms with E-state index in [9.17, 15) is 4.79 Å². The summed E-state index contributed by atoms with van der Waals surface area (Å²) in [6.07, 6.45) is 4.56. The molecule has 0 saturated carbocycles. The van der Waals surface area contributed by atoms with Crippen LogP contribution in [0.3, 0.4) is 0 Å². The number of fused-ring (bicyclic) bond motifs is 1. The Hall–Kier alpha value is -2.14. The van der Waals surface area contributed by atoms with Crippen molar-refractivity contribution in [2.75, 3.05) is 0 Å². The van der Waals surface area contributed by atoms with Crippen molar-refractivity contribution in [2.24, 2.45) is 7.05 Å². The minimum Gasteiger partial charge on any atom is -0.478 e. The van der Waals surface area contributed by atoms with Gasteiger partial charge in [0.25, 0.3) is 0 Å². The molecule has 1 aliphatic rings. The Bertz CT molecular complexity index is 663. The Morgan fingerprint density at radius 1 is 1.48 bits per heavy atom. The number of aromatic nitrogens is 2. The molecule has 1 unspecified atom stereocenters. The number of rotatable bonds is 4. The van der Waals surface area contributed by atoms with Crippen LogP contribution in [0, 0.1) is 0 Å². The molecule has 0 saturated heterocycles. The molecule has 1 atom stereocenters. The Balaban J connectivity index is 1.78. The summed E-state index contributed by atoms with van der Waals surface area (Å²) in [6, 6.07) is 8.30. The number of aryl methyl sites for hydroxylation is 2. The van der Waals surface area contributed by atoms with Crippen LogP contribution >= 0.6 is 0 Å². The van der Waals surface area contributed by atoms with Gasteiger partial charge in [-0.05, 0) is 30.4 Å². The van der Waals surface area contributed by atoms with Crippen molar-refractivity contribution in [2.45, 2.75) is 32.0 Å². The van der Waals surface area contributed by atoms with Crippen LogP contribution in [0.2, 0.25) is 0 Å². The number of benzene rings is 1. The van der Waals surface area contributed by atoms with Gasteiger partial charge in [-0.2, -0.15) is 5.10 Å². The number of hydrogen-bond donors (Lipinski definition) is 1. The highest BCUT2D eigenvalue weighted by Gasteiger charge is 2.22. The first-order chi connectivity index (χ1) is 10.2. The maximum atomic E-state index is 11.2. The summed E-state index contributed by atoms with van der Waals surface area (Å²) in [6.45, 7) is 0.261. The fourth-order valence-electron chi connectivity index (χ4n) is 2.87. The van der Waals surface area contributed by atoms with Crippen LogP contribution in [-0.4, -0.2) is 20.9 Å². The molecule has 0 radical (unpaired) electrons. The second-order valence-electron chi connectivity index (χ2n) is 5.32. The maximum Gasteiger partial charge on any atom is 0.339 e. The Kier molecular flexibility index (Phi) is 3.75. The Labute approximate surface area is 123 Å². The van der Waals surface area contributed by atoms with E-state index in [2.05, 4.69) is 17.2 Å². The van der Waals surface area contributed by atoms with E-state index in [0.29, 0.717) is 5.69 Å². The van der Waals surface area contributed by atoms with Crippen molar-refractivity contribution in [3.8, 4) is 0 Å². The Morgan fingerprint density at radius 3 is 3.10 bits per heavy atom. The highest BCUT2D eigenvalue weighted by molar-refractivity contribution is 5.88. The van der Waals surface area contributed by atoms with E-state index in [1.165, 1.54) is 17.3 Å². The molecule has 0 aliphatic heterocycles. The predicted molar refractivity (Wildman–Crippen MR) is 77.1 cm³/mol. The summed E-state index contributed by atoms with van der Waals surface area (Å²) in [5.74, 6) is -0.967. The molecular formula is C16H18N2O3. The molecule has 0 amide bonds. The average molecular weight is 286 g/mol. The molecule has 2 aromatic rings. The lowest BCUT2D eigenvalue weighted by atomic mass is 9.89. The lowest BCUT2D eigenvalue weighted by molar-refractivity contribution is 0.0240. The van der Waals surface area contributed by atoms with Gasteiger partial charge >= 0.3 is 5.97 Å². The zero-order chi connectivity index (χ0) is 14.8. The van der Waals surface area contributed by atoms with Crippen LogP contribution < -0.4 is 0 Å². The van der Waals surface area contributed by atoms with Gasteiger partial charge in [0.05, 0.1) is 24.6 Å². The van der Waals surface area contributed by atoms with E-state index in [-0.39, 0.29) is 18.3 Å². The van der Waals surface area contributed by atoms with Gasteiger partial charge in [0.15, 0.2) is 0 Å². The maximum absolute atomic E-state index is 11.2. The van der Waals surface area contributed by atoms with E-state index in [4.69, 9.17) is 9.84 Å². The van der Waals surface area contributed by atoms with Gasteiger partial charge in [-0.25, -0.2) is 4.79 Å². The van der Waals surface area contributed by atoms with E-state index in [0.717, 1.165) is 19.3 Å². The van der Waals surface area contributed by atoms with Crippen LogP contribution in [0.4, 0.5) is 0 Å². The molecule has 21 heavy (non-hydrogen) atoms. The molecule has 5 nitrogen and oxygen atoms in total. The number of carboxylic acid groups (broad SMARTS) is 1. The van der Waals surface area contributed by atoms with Gasteiger partial charge in [0.1, 0.15) is 5.56 Å². The van der Waals surface area contributed by atoms with E-state index < -0.39 is 5.97 Å². The van der Waals surface area contributed by atoms with Gasteiger partial charge in [0, 0.05) is 7.05 Å². The average Bonchev–Trinajstić information content (AvgIpc) is 2.86. The summed E-state index contributed by atoms with van der Waals surface area (Å²) in [5, 5.41) is 13.2. The second-order valence-corrected chi connectivity index (χ2v) is 5.32. The molecule has 3 rings (SSSR count). The number of carboxylic acids is 1. The summed E-state index contributed by atoms with van der Waals surface area (Å²) in [5.41, 5.74) is 3.37. The van der Waals surface area contributed by atoms with Crippen LogP contribution in [0.25, 0.3) is 0 Å². The van der Waals surface area contributed by atoms with Gasteiger partial charge in [-0.3, -0.25) is 4.68 Å². The highest BCUT2D eigenvalue weighted by atomic mass is 16.5. The number of nitrogens with zero attached hydrogens (tertiary/aromatic N) is 2. The molecular weight excluding hydrogens is 268 g/mol. The first-order valence-electron chi connectivity index (χ1n) is 7.10. The highest BCUT2D eigenvalue weighted by Crippen LogP contribution is 2.33. The van der Waals surface area contributed by atoms with Gasteiger partial charge in [-0.15, -0.1) is 0 Å². The number of ether oxygens (including phenoxy) is 1. The van der Waals surface area contributed by atoms with Gasteiger partial charge in [0.2, 0.25) is 0 Å². The summed E-state index contributed by atoms with van der Waals surface area (Å²) in [4.78, 5) is 11.2. The number of carbonyl (C=O) groups is 1. The SMILES string of the molecule is Cn1ncc(C(=O)O)c1COC1CCCc2ccccc21. The van der Waals surface area contributed by atoms with Crippen molar-refractivity contribution in [3.63, 3.8) is 0 Å². The first kappa shape index (κ1) is 13.8. The summed E-state index contributed by atoms with van der Waals surface area (Å²) in [7, 11) is 1.74. The fraction of sp³-hybridized carbons (Fsp3) is 0.375. The zero-order valence-corrected chi connectivity index (χ0v) is 12.0. The van der Waals surface area contributed by atoms with Crippen LogP contribution in [0.15, 0.2) is 30.5 Å². The van der Waals surface area contributed by atoms with Crippen molar-refractivity contribution in [1.82, 2.24) is 9.78 Å². The van der Waals surface area contributed by atoms with Crippen molar-refractivity contribution >= 4 is 5.97 Å². The first-order valence-corrected chi connectivity index (χ1v) is 7.10. The van der Waals surface area contributed by atoms with Crippen LogP contribution in [0.5, 0.6) is 0 Å². The molecule has 0 fully saturated rings. The van der Waals surface area contributed by atoms with Gasteiger partial charge in [-0.1, -0.05) is 24.3 Å². The fourth-order valence-corrected chi connectivity index (χ4v) is 2.87. The molecule has 1 aromatic carbocycles. The molecule has 1 aromatic heterocycles. The minimum absolute atomic E-state index is 0.0338. The molecule has 1 aliphatic carbocycles. The summed E-state index contributed by atoms with van der Waals surface area (Å²) < 4.78 is 7.57. The monoisotopic (exact) mass is 286 g/mol. The molecule has 5 heteroatoms. The molecule has 110 valence electrons. The summed E-state index contributed by atoms with van der Waals surface area (Å²) >= 11 is 0. The standard InChI is InChI=1S/C16H18N2O3/c1-18-14(13(9-17-18)16(19)20)10-21-15-8-4-6-11-5-2-3-7-12(11)15/h2-3,5,7,9,15H,4,6,8,10H2,1H3,(H,19,20). The normalized spacial score (nSPS) is 17.5. The number of hydrogen-bond acceptors (Lipinski definition) is 3. The lowest BCUT2D eigenvalue weighted by Gasteiger charge is -2.25. The Morgan fingerprint density at radius 2 is 2.29 bits per heavy atom. The van der Waals surface area contributed by atoms with Crippen molar-refractivity contribution in [1.29, 1.82) is 0 Å². The number of aromatic carboxylic acids is 1. The third kappa shape index (κ3) is 2.69. The molecule has 1 heterocycles. The van der Waals surface area contributed by atoms with Crippen LogP contribution in [-0.2, 0) is 24.8 Å². The quantitative estimate of drug-likeness (QED) is 0.938. The van der Waals surface area contributed by atoms with Crippen molar-refractivity contribution < 1.29 is 14.6 Å². The largest absolute Gasteiger partial charge is 0.478 e. The third-order valence-corrected chi connectivity index (χ3v) is 4.03. The lowest BCUT2D eigenvalue weighted by Crippen LogP contribution is -2.15. The van der Waals surface area contributed by atoms with E-state index in [1.807, 2.05) is 12.1 Å². The smallest absolute Gasteiger partial charge is 0.339 e. The zero-order valence-electron chi connectivity index (χ0n) is 12.0. The van der Waals surface area contributed by atoms with Crippen molar-refractivity contribution in [3.05, 3.63) is 52.8 Å². The second kappa shape index (κ2) is 5.69. The van der Waals surface area contributed by atoms with Crippen LogP contribution in [0.1, 0.15) is 46.1 Å². The molecule has 1 N–H and O–H groups in total. The molecule has 0 bridgehead atoms. The topological polar surface area (TPSA) is 64.4 Å². The van der Waals surface area contributed by atoms with E-state index >= 15 is 0 Å². The minimum atomic E-state index is -0.967. The predicted octanol–water partition coefficient (Wildman–Crippen LogP) is 2.71. The molecule has 0 spiro atoms.